The van der Waals surface area contributed by atoms with Crippen LogP contribution < -0.4 is 5.73 Å². The molecule has 7 nitrogen and oxygen atoms in total. The first-order chi connectivity index (χ1) is 10.5. The van der Waals surface area contributed by atoms with E-state index >= 15 is 0 Å². The summed E-state index contributed by atoms with van der Waals surface area (Å²) in [5.41, 5.74) is 9.42. The topological polar surface area (TPSA) is 98.1 Å². The van der Waals surface area contributed by atoms with Crippen molar-refractivity contribution in [1.82, 2.24) is 20.0 Å². The van der Waals surface area contributed by atoms with Crippen LogP contribution in [0.15, 0.2) is 10.7 Å². The minimum atomic E-state index is 0.114. The Morgan fingerprint density at radius 3 is 3.00 bits per heavy atom. The van der Waals surface area contributed by atoms with Gasteiger partial charge in [0.05, 0.1) is 17.9 Å². The maximum Gasteiger partial charge on any atom is 0.223 e. The predicted octanol–water partition coefficient (Wildman–Crippen LogP) is 1.18. The Kier molecular flexibility index (Phi) is 3.79. The molecular formula is C15H19N5O2. The van der Waals surface area contributed by atoms with Gasteiger partial charge in [0.25, 0.3) is 0 Å². The lowest BCUT2D eigenvalue weighted by Gasteiger charge is -2.28. The van der Waals surface area contributed by atoms with Gasteiger partial charge in [-0.25, -0.2) is 9.97 Å². The summed E-state index contributed by atoms with van der Waals surface area (Å²) in [7, 11) is 0. The van der Waals surface area contributed by atoms with Crippen LogP contribution in [0.2, 0.25) is 0 Å². The van der Waals surface area contributed by atoms with Crippen LogP contribution in [0.25, 0.3) is 0 Å². The number of amides is 1. The molecule has 2 aromatic heterocycles. The van der Waals surface area contributed by atoms with E-state index in [9.17, 15) is 4.79 Å². The lowest BCUT2D eigenvalue weighted by atomic mass is 10.0. The Balaban J connectivity index is 1.64. The van der Waals surface area contributed by atoms with E-state index < -0.39 is 0 Å². The minimum absolute atomic E-state index is 0.114. The molecule has 1 amide bonds. The molecule has 1 aliphatic rings. The van der Waals surface area contributed by atoms with E-state index in [1.165, 1.54) is 0 Å². The molecule has 0 saturated heterocycles. The van der Waals surface area contributed by atoms with Crippen molar-refractivity contribution in [1.29, 1.82) is 0 Å². The van der Waals surface area contributed by atoms with Crippen molar-refractivity contribution in [3.05, 3.63) is 34.5 Å². The molecule has 3 rings (SSSR count). The van der Waals surface area contributed by atoms with Crippen LogP contribution in [0.1, 0.15) is 34.7 Å². The van der Waals surface area contributed by atoms with Crippen LogP contribution >= 0.6 is 0 Å². The highest BCUT2D eigenvalue weighted by molar-refractivity contribution is 5.76. The predicted molar refractivity (Wildman–Crippen MR) is 79.9 cm³/mol. The molecule has 2 aromatic rings. The molecule has 7 heteroatoms. The van der Waals surface area contributed by atoms with Gasteiger partial charge in [-0.2, -0.15) is 0 Å². The molecule has 0 saturated carbocycles. The molecule has 0 fully saturated rings. The molecule has 0 aromatic carbocycles. The Morgan fingerprint density at radius 1 is 1.45 bits per heavy atom. The fraction of sp³-hybridized carbons (Fsp3) is 0.467. The zero-order valence-electron chi connectivity index (χ0n) is 12.8. The smallest absolute Gasteiger partial charge is 0.223 e. The van der Waals surface area contributed by atoms with Gasteiger partial charge in [0.1, 0.15) is 5.76 Å². The van der Waals surface area contributed by atoms with E-state index in [-0.39, 0.29) is 11.9 Å². The molecule has 0 atom stereocenters. The van der Waals surface area contributed by atoms with Crippen LogP contribution in [-0.2, 0) is 24.2 Å². The van der Waals surface area contributed by atoms with Crippen molar-refractivity contribution >= 4 is 11.9 Å². The van der Waals surface area contributed by atoms with Crippen molar-refractivity contribution < 1.29 is 9.32 Å². The molecule has 1 aliphatic heterocycles. The summed E-state index contributed by atoms with van der Waals surface area (Å²) >= 11 is 0. The first-order valence-corrected chi connectivity index (χ1v) is 7.34. The van der Waals surface area contributed by atoms with Gasteiger partial charge >= 0.3 is 0 Å². The number of nitrogens with two attached hydrogens (primary N) is 1. The van der Waals surface area contributed by atoms with Crippen molar-refractivity contribution in [2.45, 2.75) is 39.7 Å². The van der Waals surface area contributed by atoms with Crippen molar-refractivity contribution in [3.8, 4) is 0 Å². The third-order valence-corrected chi connectivity index (χ3v) is 4.09. The SMILES string of the molecule is Cc1noc(C)c1CCC(=O)N1CCc2cnc(N)nc2C1. The molecule has 2 N–H and O–H groups in total. The number of anilines is 1. The average Bonchev–Trinajstić information content (AvgIpc) is 2.83. The van der Waals surface area contributed by atoms with Gasteiger partial charge in [-0.05, 0) is 32.3 Å². The summed E-state index contributed by atoms with van der Waals surface area (Å²) in [6.07, 6.45) is 3.62. The zero-order valence-corrected chi connectivity index (χ0v) is 12.8. The van der Waals surface area contributed by atoms with Crippen molar-refractivity contribution in [2.24, 2.45) is 0 Å². The first-order valence-electron chi connectivity index (χ1n) is 7.34. The molecule has 116 valence electrons. The Hall–Kier alpha value is -2.44. The number of carbonyl (C=O) groups is 1. The van der Waals surface area contributed by atoms with Gasteiger partial charge in [-0.15, -0.1) is 0 Å². The third-order valence-electron chi connectivity index (χ3n) is 4.09. The summed E-state index contributed by atoms with van der Waals surface area (Å²) in [6, 6.07) is 0. The maximum absolute atomic E-state index is 12.4. The second-order valence-corrected chi connectivity index (χ2v) is 5.57. The molecule has 22 heavy (non-hydrogen) atoms. The quantitative estimate of drug-likeness (QED) is 0.914. The molecule has 0 aliphatic carbocycles. The number of hydrogen-bond donors (Lipinski definition) is 1. The van der Waals surface area contributed by atoms with Gasteiger partial charge < -0.3 is 15.2 Å². The van der Waals surface area contributed by atoms with E-state index in [0.29, 0.717) is 25.9 Å². The maximum atomic E-state index is 12.4. The highest BCUT2D eigenvalue weighted by atomic mass is 16.5. The monoisotopic (exact) mass is 301 g/mol. The Labute approximate surface area is 128 Å². The summed E-state index contributed by atoms with van der Waals surface area (Å²) in [5, 5.41) is 3.92. The number of aromatic nitrogens is 3. The second kappa shape index (κ2) is 5.75. The standard InChI is InChI=1S/C15H19N5O2/c1-9-12(10(2)22-19-9)3-4-14(21)20-6-5-11-7-17-15(16)18-13(11)8-20/h7H,3-6,8H2,1-2H3,(H2,16,17,18). The van der Waals surface area contributed by atoms with E-state index in [2.05, 4.69) is 15.1 Å². The van der Waals surface area contributed by atoms with Gasteiger partial charge in [0, 0.05) is 24.7 Å². The lowest BCUT2D eigenvalue weighted by Crippen LogP contribution is -2.36. The Morgan fingerprint density at radius 2 is 2.27 bits per heavy atom. The number of carbonyl (C=O) groups excluding carboxylic acids is 1. The van der Waals surface area contributed by atoms with E-state index in [0.717, 1.165) is 34.7 Å². The summed E-state index contributed by atoms with van der Waals surface area (Å²) < 4.78 is 5.13. The van der Waals surface area contributed by atoms with Crippen LogP contribution in [0.3, 0.4) is 0 Å². The molecule has 0 unspecified atom stereocenters. The summed E-state index contributed by atoms with van der Waals surface area (Å²) in [5.74, 6) is 1.15. The largest absolute Gasteiger partial charge is 0.368 e. The molecule has 0 spiro atoms. The van der Waals surface area contributed by atoms with Gasteiger partial charge in [-0.3, -0.25) is 4.79 Å². The molecular weight excluding hydrogens is 282 g/mol. The fourth-order valence-electron chi connectivity index (χ4n) is 2.78. The summed E-state index contributed by atoms with van der Waals surface area (Å²) in [6.45, 7) is 4.97. The van der Waals surface area contributed by atoms with Gasteiger partial charge in [0.2, 0.25) is 11.9 Å². The minimum Gasteiger partial charge on any atom is -0.368 e. The Bertz CT molecular complexity index is 690. The summed E-state index contributed by atoms with van der Waals surface area (Å²) in [4.78, 5) is 22.5. The van der Waals surface area contributed by atoms with Crippen LogP contribution in [0.4, 0.5) is 5.95 Å². The number of nitrogens with zero attached hydrogens (tertiary/aromatic N) is 4. The number of hydrogen-bond acceptors (Lipinski definition) is 6. The highest BCUT2D eigenvalue weighted by Crippen LogP contribution is 2.19. The lowest BCUT2D eigenvalue weighted by molar-refractivity contribution is -0.132. The fourth-order valence-corrected chi connectivity index (χ4v) is 2.78. The van der Waals surface area contributed by atoms with E-state index in [1.54, 1.807) is 6.20 Å². The molecule has 0 bridgehead atoms. The highest BCUT2D eigenvalue weighted by Gasteiger charge is 2.22. The third kappa shape index (κ3) is 2.79. The van der Waals surface area contributed by atoms with Gasteiger partial charge in [-0.1, -0.05) is 5.16 Å². The van der Waals surface area contributed by atoms with Gasteiger partial charge in [0.15, 0.2) is 0 Å². The zero-order chi connectivity index (χ0) is 15.7. The number of fused-ring (bicyclic) bond motifs is 1. The average molecular weight is 301 g/mol. The second-order valence-electron chi connectivity index (χ2n) is 5.57. The van der Waals surface area contributed by atoms with Crippen LogP contribution in [-0.4, -0.2) is 32.5 Å². The number of aryl methyl sites for hydroxylation is 2. The number of nitrogen functional groups attached to an aromatic ring is 1. The van der Waals surface area contributed by atoms with Crippen molar-refractivity contribution in [3.63, 3.8) is 0 Å². The molecule has 0 radical (unpaired) electrons. The number of rotatable bonds is 3. The van der Waals surface area contributed by atoms with Crippen LogP contribution in [0, 0.1) is 13.8 Å². The van der Waals surface area contributed by atoms with Crippen LogP contribution in [0.5, 0.6) is 0 Å². The molecule has 3 heterocycles. The van der Waals surface area contributed by atoms with E-state index in [4.69, 9.17) is 10.3 Å². The first kappa shape index (κ1) is 14.5. The van der Waals surface area contributed by atoms with E-state index in [1.807, 2.05) is 18.7 Å². The normalized spacial score (nSPS) is 14.0. The van der Waals surface area contributed by atoms with Crippen molar-refractivity contribution in [2.75, 3.05) is 12.3 Å².